The maximum atomic E-state index is 13.7. The minimum atomic E-state index is -0.928. The van der Waals surface area contributed by atoms with Crippen molar-refractivity contribution in [3.05, 3.63) is 52.4 Å². The highest BCUT2D eigenvalue weighted by molar-refractivity contribution is 6.12. The highest BCUT2D eigenvalue weighted by Gasteiger charge is 2.47. The second-order valence-electron chi connectivity index (χ2n) is 8.40. The Bertz CT molecular complexity index is 992. The lowest BCUT2D eigenvalue weighted by Gasteiger charge is -2.38. The summed E-state index contributed by atoms with van der Waals surface area (Å²) in [5.41, 5.74) is 2.76. The number of carbonyl (C=O) groups excluding carboxylic acids is 3. The first-order chi connectivity index (χ1) is 15.2. The van der Waals surface area contributed by atoms with E-state index in [1.807, 2.05) is 39.0 Å². The van der Waals surface area contributed by atoms with Gasteiger partial charge >= 0.3 is 11.9 Å². The van der Waals surface area contributed by atoms with Crippen LogP contribution in [-0.2, 0) is 23.9 Å². The minimum Gasteiger partial charge on any atom is -0.496 e. The summed E-state index contributed by atoms with van der Waals surface area (Å²) in [5.74, 6) is -2.73. The third kappa shape index (κ3) is 4.16. The zero-order valence-electron chi connectivity index (χ0n) is 19.5. The number of hydrogen-bond donors (Lipinski definition) is 1. The number of ketones is 1. The maximum absolute atomic E-state index is 13.7. The number of benzene rings is 1. The molecule has 0 aromatic heterocycles. The van der Waals surface area contributed by atoms with E-state index in [0.29, 0.717) is 41.0 Å². The Kier molecular flexibility index (Phi) is 7.06. The van der Waals surface area contributed by atoms with Crippen molar-refractivity contribution in [1.82, 2.24) is 5.32 Å². The first-order valence-electron chi connectivity index (χ1n) is 10.9. The highest BCUT2D eigenvalue weighted by atomic mass is 16.5. The number of carbonyl (C=O) groups is 3. The van der Waals surface area contributed by atoms with Crippen LogP contribution in [0.25, 0.3) is 0 Å². The molecule has 0 radical (unpaired) electrons. The molecule has 0 fully saturated rings. The molecular formula is C25H31NO6. The van der Waals surface area contributed by atoms with Crippen molar-refractivity contribution in [3.8, 4) is 5.75 Å². The van der Waals surface area contributed by atoms with Crippen LogP contribution in [0.4, 0.5) is 0 Å². The van der Waals surface area contributed by atoms with E-state index >= 15 is 0 Å². The van der Waals surface area contributed by atoms with Gasteiger partial charge in [-0.2, -0.15) is 0 Å². The Morgan fingerprint density at radius 3 is 2.53 bits per heavy atom. The minimum absolute atomic E-state index is 0.235. The Hall–Kier alpha value is -3.09. The lowest BCUT2D eigenvalue weighted by atomic mass is 9.69. The van der Waals surface area contributed by atoms with Gasteiger partial charge in [0, 0.05) is 22.5 Å². The van der Waals surface area contributed by atoms with Gasteiger partial charge in [-0.05, 0) is 38.7 Å². The molecule has 7 heteroatoms. The van der Waals surface area contributed by atoms with Crippen LogP contribution in [0.5, 0.6) is 5.75 Å². The van der Waals surface area contributed by atoms with Gasteiger partial charge in [-0.15, -0.1) is 0 Å². The molecule has 0 saturated heterocycles. The van der Waals surface area contributed by atoms with Gasteiger partial charge in [-0.3, -0.25) is 9.59 Å². The molecule has 0 unspecified atom stereocenters. The zero-order valence-corrected chi connectivity index (χ0v) is 19.5. The molecular weight excluding hydrogens is 410 g/mol. The third-order valence-electron chi connectivity index (χ3n) is 6.30. The third-order valence-corrected chi connectivity index (χ3v) is 6.30. The van der Waals surface area contributed by atoms with E-state index < -0.39 is 23.8 Å². The van der Waals surface area contributed by atoms with Crippen molar-refractivity contribution >= 4 is 17.7 Å². The first kappa shape index (κ1) is 23.6. The molecule has 2 aliphatic rings. The largest absolute Gasteiger partial charge is 0.496 e. The van der Waals surface area contributed by atoms with Crippen LogP contribution in [0.1, 0.15) is 52.0 Å². The van der Waals surface area contributed by atoms with E-state index in [9.17, 15) is 14.4 Å². The molecule has 172 valence electrons. The quantitative estimate of drug-likeness (QED) is 0.532. The fraction of sp³-hybridized carbons (Fsp3) is 0.480. The number of esters is 2. The summed E-state index contributed by atoms with van der Waals surface area (Å²) in [7, 11) is 2.83. The average molecular weight is 442 g/mol. The van der Waals surface area contributed by atoms with Crippen LogP contribution in [0.3, 0.4) is 0 Å². The molecule has 0 bridgehead atoms. The van der Waals surface area contributed by atoms with Gasteiger partial charge in [0.25, 0.3) is 0 Å². The molecule has 32 heavy (non-hydrogen) atoms. The fourth-order valence-corrected chi connectivity index (χ4v) is 4.50. The van der Waals surface area contributed by atoms with Gasteiger partial charge < -0.3 is 19.5 Å². The molecule has 1 aliphatic heterocycles. The van der Waals surface area contributed by atoms with Gasteiger partial charge in [-0.1, -0.05) is 32.0 Å². The van der Waals surface area contributed by atoms with Gasteiger partial charge in [0.05, 0.1) is 31.8 Å². The number of methoxy groups -OCH3 is 2. The van der Waals surface area contributed by atoms with Crippen LogP contribution in [-0.4, -0.2) is 38.0 Å². The predicted molar refractivity (Wildman–Crippen MR) is 119 cm³/mol. The summed E-state index contributed by atoms with van der Waals surface area (Å²) in [5, 5.41) is 3.26. The molecule has 3 rings (SSSR count). The van der Waals surface area contributed by atoms with E-state index in [0.717, 1.165) is 5.70 Å². The fourth-order valence-electron chi connectivity index (χ4n) is 4.50. The maximum Gasteiger partial charge on any atom is 0.337 e. The SMILES string of the molecule is CC[C@@H](C)OC(=O)C1=C(C)NC2=C(C(=O)[C@@H](C(=O)OC)[C@@H](C)C2)[C@@H]1c1ccccc1OC. The summed E-state index contributed by atoms with van der Waals surface area (Å²) >= 11 is 0. The Labute approximate surface area is 188 Å². The van der Waals surface area contributed by atoms with Crippen LogP contribution in [0, 0.1) is 11.8 Å². The van der Waals surface area contributed by atoms with E-state index in [1.54, 1.807) is 20.1 Å². The van der Waals surface area contributed by atoms with Crippen molar-refractivity contribution in [2.75, 3.05) is 14.2 Å². The molecule has 1 aromatic rings. The first-order valence-corrected chi connectivity index (χ1v) is 10.9. The number of Topliss-reactive ketones (excluding diaryl/α,β-unsaturated/α-hetero) is 1. The smallest absolute Gasteiger partial charge is 0.337 e. The van der Waals surface area contributed by atoms with Gasteiger partial charge in [0.15, 0.2) is 5.78 Å². The van der Waals surface area contributed by atoms with E-state index in [4.69, 9.17) is 14.2 Å². The molecule has 4 atom stereocenters. The van der Waals surface area contributed by atoms with Crippen molar-refractivity contribution < 1.29 is 28.6 Å². The number of dihydropyridines is 1. The number of hydrogen-bond acceptors (Lipinski definition) is 7. The van der Waals surface area contributed by atoms with Crippen molar-refractivity contribution in [2.45, 2.75) is 52.6 Å². The summed E-state index contributed by atoms with van der Waals surface area (Å²) in [4.78, 5) is 39.5. The molecule has 0 amide bonds. The van der Waals surface area contributed by atoms with Crippen molar-refractivity contribution in [2.24, 2.45) is 11.8 Å². The number of ether oxygens (including phenoxy) is 3. The zero-order chi connectivity index (χ0) is 23.6. The molecule has 7 nitrogen and oxygen atoms in total. The summed E-state index contributed by atoms with van der Waals surface area (Å²) in [6.45, 7) is 7.42. The molecule has 1 aliphatic carbocycles. The lowest BCUT2D eigenvalue weighted by Crippen LogP contribution is -2.43. The average Bonchev–Trinajstić information content (AvgIpc) is 2.77. The molecule has 0 saturated carbocycles. The topological polar surface area (TPSA) is 90.9 Å². The predicted octanol–water partition coefficient (Wildman–Crippen LogP) is 3.65. The monoisotopic (exact) mass is 441 g/mol. The van der Waals surface area contributed by atoms with E-state index in [1.165, 1.54) is 7.11 Å². The Morgan fingerprint density at radius 1 is 1.22 bits per heavy atom. The second-order valence-corrected chi connectivity index (χ2v) is 8.40. The lowest BCUT2D eigenvalue weighted by molar-refractivity contribution is -0.151. The number of nitrogens with one attached hydrogen (secondary N) is 1. The number of para-hydroxylation sites is 1. The molecule has 1 aromatic carbocycles. The Morgan fingerprint density at radius 2 is 1.91 bits per heavy atom. The van der Waals surface area contributed by atoms with Crippen molar-refractivity contribution in [1.29, 1.82) is 0 Å². The van der Waals surface area contributed by atoms with Crippen LogP contribution >= 0.6 is 0 Å². The van der Waals surface area contributed by atoms with Crippen LogP contribution in [0.2, 0.25) is 0 Å². The molecule has 1 N–H and O–H groups in total. The second kappa shape index (κ2) is 9.59. The standard InChI is InChI=1S/C25H31NO6/c1-7-14(3)32-25(29)20-15(4)26-17-12-13(2)19(24(28)31-6)23(27)22(17)21(20)16-10-8-9-11-18(16)30-5/h8-11,13-14,19,21,26H,7,12H2,1-6H3/t13-,14+,19-,21+/m0/s1. The summed E-state index contributed by atoms with van der Waals surface area (Å²) in [6, 6.07) is 7.29. The van der Waals surface area contributed by atoms with Crippen LogP contribution in [0.15, 0.2) is 46.8 Å². The number of rotatable bonds is 6. The van der Waals surface area contributed by atoms with Gasteiger partial charge in [0.1, 0.15) is 11.7 Å². The van der Waals surface area contributed by atoms with Gasteiger partial charge in [0.2, 0.25) is 0 Å². The van der Waals surface area contributed by atoms with E-state index in [-0.39, 0.29) is 17.8 Å². The highest BCUT2D eigenvalue weighted by Crippen LogP contribution is 2.47. The Balaban J connectivity index is 2.21. The van der Waals surface area contributed by atoms with E-state index in [2.05, 4.69) is 5.32 Å². The normalized spacial score (nSPS) is 23.8. The van der Waals surface area contributed by atoms with Gasteiger partial charge in [-0.25, -0.2) is 4.79 Å². The molecule has 1 heterocycles. The summed E-state index contributed by atoms with van der Waals surface area (Å²) in [6.07, 6.45) is 0.873. The summed E-state index contributed by atoms with van der Waals surface area (Å²) < 4.78 is 16.2. The van der Waals surface area contributed by atoms with Crippen LogP contribution < -0.4 is 10.1 Å². The number of allylic oxidation sites excluding steroid dienone is 3. The molecule has 0 spiro atoms. The van der Waals surface area contributed by atoms with Crippen molar-refractivity contribution in [3.63, 3.8) is 0 Å².